The lowest BCUT2D eigenvalue weighted by atomic mass is 10.4. The number of nitrogens with two attached hydrogens (primary N) is 1. The third-order valence-electron chi connectivity index (χ3n) is 1.30. The van der Waals surface area contributed by atoms with Crippen molar-refractivity contribution in [3.63, 3.8) is 0 Å². The number of rotatable bonds is 4. The zero-order valence-electron chi connectivity index (χ0n) is 7.03. The molecule has 1 heterocycles. The van der Waals surface area contributed by atoms with Crippen LogP contribution in [0.25, 0.3) is 0 Å². The predicted octanol–water partition coefficient (Wildman–Crippen LogP) is 0.633. The molecule has 1 aromatic rings. The first-order chi connectivity index (χ1) is 5.83. The summed E-state index contributed by atoms with van der Waals surface area (Å²) in [6, 6.07) is 0.302. The van der Waals surface area contributed by atoms with Gasteiger partial charge in [-0.1, -0.05) is 13.3 Å². The highest BCUT2D eigenvalue weighted by atomic mass is 16.5. The van der Waals surface area contributed by atoms with Gasteiger partial charge in [0.25, 0.3) is 0 Å². The van der Waals surface area contributed by atoms with E-state index in [0.717, 1.165) is 12.8 Å². The fraction of sp³-hybridized carbons (Fsp3) is 0.571. The lowest BCUT2D eigenvalue weighted by Crippen LogP contribution is -2.03. The Morgan fingerprint density at radius 1 is 1.50 bits per heavy atom. The monoisotopic (exact) mass is 168 g/mol. The molecule has 1 rings (SSSR count). The van der Waals surface area contributed by atoms with Crippen molar-refractivity contribution in [2.24, 2.45) is 0 Å². The highest BCUT2D eigenvalue weighted by Crippen LogP contribution is 2.01. The quantitative estimate of drug-likeness (QED) is 0.667. The second kappa shape index (κ2) is 4.48. The van der Waals surface area contributed by atoms with Crippen LogP contribution in [0.15, 0.2) is 6.33 Å². The smallest absolute Gasteiger partial charge is 0.321 e. The molecule has 0 amide bonds. The summed E-state index contributed by atoms with van der Waals surface area (Å²) in [5, 5.41) is 0. The van der Waals surface area contributed by atoms with Crippen LogP contribution in [0.4, 0.5) is 5.95 Å². The van der Waals surface area contributed by atoms with Crippen molar-refractivity contribution in [1.82, 2.24) is 15.0 Å². The van der Waals surface area contributed by atoms with Crippen LogP contribution >= 0.6 is 0 Å². The largest absolute Gasteiger partial charge is 0.463 e. The molecule has 0 saturated heterocycles. The maximum absolute atomic E-state index is 5.32. The molecule has 0 radical (unpaired) electrons. The number of anilines is 1. The number of nitrogens with zero attached hydrogens (tertiary/aromatic N) is 3. The van der Waals surface area contributed by atoms with Crippen LogP contribution < -0.4 is 10.5 Å². The summed E-state index contributed by atoms with van der Waals surface area (Å²) in [5.74, 6) is 0.191. The second-order valence-corrected chi connectivity index (χ2v) is 2.33. The summed E-state index contributed by atoms with van der Waals surface area (Å²) in [6.45, 7) is 2.71. The number of unbranched alkanes of at least 4 members (excludes halogenated alkanes) is 1. The van der Waals surface area contributed by atoms with E-state index in [9.17, 15) is 0 Å². The standard InChI is InChI=1S/C7H12N4O/c1-2-3-4-12-7-10-5-9-6(8)11-7/h5H,2-4H2,1H3,(H2,8,9,10,11). The van der Waals surface area contributed by atoms with Gasteiger partial charge >= 0.3 is 6.01 Å². The average Bonchev–Trinajstić information content (AvgIpc) is 2.05. The van der Waals surface area contributed by atoms with Crippen LogP contribution in [0.5, 0.6) is 6.01 Å². The summed E-state index contributed by atoms with van der Waals surface area (Å²) < 4.78 is 5.18. The first kappa shape index (κ1) is 8.70. The summed E-state index contributed by atoms with van der Waals surface area (Å²) in [4.78, 5) is 11.2. The Labute approximate surface area is 71.0 Å². The number of nitrogen functional groups attached to an aromatic ring is 1. The van der Waals surface area contributed by atoms with Crippen LogP contribution in [-0.4, -0.2) is 21.6 Å². The molecule has 0 bridgehead atoms. The van der Waals surface area contributed by atoms with Crippen molar-refractivity contribution in [2.75, 3.05) is 12.3 Å². The molecule has 0 aliphatic heterocycles. The molecule has 0 unspecified atom stereocenters. The van der Waals surface area contributed by atoms with Crippen LogP contribution in [0, 0.1) is 0 Å². The zero-order valence-corrected chi connectivity index (χ0v) is 7.03. The van der Waals surface area contributed by atoms with Crippen LogP contribution in [0.2, 0.25) is 0 Å². The third kappa shape index (κ3) is 2.69. The zero-order chi connectivity index (χ0) is 8.81. The molecule has 1 aromatic heterocycles. The van der Waals surface area contributed by atoms with Crippen molar-refractivity contribution in [1.29, 1.82) is 0 Å². The van der Waals surface area contributed by atoms with E-state index in [1.54, 1.807) is 0 Å². The topological polar surface area (TPSA) is 73.9 Å². The van der Waals surface area contributed by atoms with Gasteiger partial charge in [-0.3, -0.25) is 0 Å². The molecule has 0 saturated carbocycles. The summed E-state index contributed by atoms with van der Waals surface area (Å²) in [6.07, 6.45) is 3.41. The van der Waals surface area contributed by atoms with Gasteiger partial charge in [-0.15, -0.1) is 0 Å². The van der Waals surface area contributed by atoms with E-state index in [2.05, 4.69) is 21.9 Å². The van der Waals surface area contributed by atoms with Crippen LogP contribution in [0.3, 0.4) is 0 Å². The Morgan fingerprint density at radius 2 is 2.33 bits per heavy atom. The maximum Gasteiger partial charge on any atom is 0.321 e. The first-order valence-corrected chi connectivity index (χ1v) is 3.90. The highest BCUT2D eigenvalue weighted by molar-refractivity contribution is 5.14. The Bertz CT molecular complexity index is 241. The molecule has 0 aromatic carbocycles. The lowest BCUT2D eigenvalue weighted by Gasteiger charge is -2.01. The van der Waals surface area contributed by atoms with Crippen LogP contribution in [0.1, 0.15) is 19.8 Å². The summed E-state index contributed by atoms with van der Waals surface area (Å²) >= 11 is 0. The lowest BCUT2D eigenvalue weighted by molar-refractivity contribution is 0.285. The number of aromatic nitrogens is 3. The van der Waals surface area contributed by atoms with Crippen LogP contribution in [-0.2, 0) is 0 Å². The third-order valence-corrected chi connectivity index (χ3v) is 1.30. The fourth-order valence-electron chi connectivity index (χ4n) is 0.670. The molecule has 2 N–H and O–H groups in total. The van der Waals surface area contributed by atoms with E-state index < -0.39 is 0 Å². The molecular weight excluding hydrogens is 156 g/mol. The molecule has 0 fully saturated rings. The van der Waals surface area contributed by atoms with Gasteiger partial charge in [-0.2, -0.15) is 9.97 Å². The molecule has 12 heavy (non-hydrogen) atoms. The normalized spacial score (nSPS) is 9.75. The van der Waals surface area contributed by atoms with E-state index >= 15 is 0 Å². The van der Waals surface area contributed by atoms with Gasteiger partial charge in [-0.25, -0.2) is 4.98 Å². The molecule has 0 spiro atoms. The van der Waals surface area contributed by atoms with E-state index in [1.807, 2.05) is 0 Å². The predicted molar refractivity (Wildman–Crippen MR) is 44.6 cm³/mol. The minimum absolute atomic E-state index is 0.191. The molecule has 0 aliphatic rings. The Kier molecular flexibility index (Phi) is 3.25. The van der Waals surface area contributed by atoms with Crippen molar-refractivity contribution < 1.29 is 4.74 Å². The minimum Gasteiger partial charge on any atom is -0.463 e. The Balaban J connectivity index is 2.41. The SMILES string of the molecule is CCCCOc1ncnc(N)n1. The molecule has 5 nitrogen and oxygen atoms in total. The minimum atomic E-state index is 0.191. The van der Waals surface area contributed by atoms with Gasteiger partial charge in [0.05, 0.1) is 6.61 Å². The molecule has 0 aliphatic carbocycles. The van der Waals surface area contributed by atoms with E-state index in [4.69, 9.17) is 10.5 Å². The van der Waals surface area contributed by atoms with E-state index in [0.29, 0.717) is 12.6 Å². The van der Waals surface area contributed by atoms with Gasteiger partial charge in [0.1, 0.15) is 6.33 Å². The Hall–Kier alpha value is -1.39. The first-order valence-electron chi connectivity index (χ1n) is 3.90. The molecule has 66 valence electrons. The Morgan fingerprint density at radius 3 is 3.00 bits per heavy atom. The highest BCUT2D eigenvalue weighted by Gasteiger charge is 1.96. The van der Waals surface area contributed by atoms with Gasteiger partial charge in [0.2, 0.25) is 5.95 Å². The van der Waals surface area contributed by atoms with E-state index in [1.165, 1.54) is 6.33 Å². The molecule has 0 atom stereocenters. The van der Waals surface area contributed by atoms with Crippen molar-refractivity contribution >= 4 is 5.95 Å². The molecule has 5 heteroatoms. The number of hydrogen-bond donors (Lipinski definition) is 1. The number of hydrogen-bond acceptors (Lipinski definition) is 5. The van der Waals surface area contributed by atoms with Gasteiger partial charge in [-0.05, 0) is 6.42 Å². The summed E-state index contributed by atoms with van der Waals surface area (Å²) in [5.41, 5.74) is 5.32. The average molecular weight is 168 g/mol. The fourth-order valence-corrected chi connectivity index (χ4v) is 0.670. The van der Waals surface area contributed by atoms with Crippen molar-refractivity contribution in [2.45, 2.75) is 19.8 Å². The van der Waals surface area contributed by atoms with E-state index in [-0.39, 0.29) is 5.95 Å². The van der Waals surface area contributed by atoms with Gasteiger partial charge in [0.15, 0.2) is 0 Å². The van der Waals surface area contributed by atoms with Crippen molar-refractivity contribution in [3.05, 3.63) is 6.33 Å². The summed E-state index contributed by atoms with van der Waals surface area (Å²) in [7, 11) is 0. The van der Waals surface area contributed by atoms with Crippen molar-refractivity contribution in [3.8, 4) is 6.01 Å². The second-order valence-electron chi connectivity index (χ2n) is 2.33. The number of ether oxygens (including phenoxy) is 1. The van der Waals surface area contributed by atoms with Gasteiger partial charge in [0, 0.05) is 0 Å². The maximum atomic E-state index is 5.32. The molecular formula is C7H12N4O. The van der Waals surface area contributed by atoms with Gasteiger partial charge < -0.3 is 10.5 Å².